The molecule has 24 heavy (non-hydrogen) atoms. The summed E-state index contributed by atoms with van der Waals surface area (Å²) in [7, 11) is 1.55. The number of carboxylic acid groups (broad SMARTS) is 1. The summed E-state index contributed by atoms with van der Waals surface area (Å²) in [6.45, 7) is 3.15. The lowest BCUT2D eigenvalue weighted by Crippen LogP contribution is -2.60. The number of likely N-dealkylation sites (N-methyl/N-ethyl adjacent to an activating group) is 1. The average Bonchev–Trinajstić information content (AvgIpc) is 2.87. The number of piperazine rings is 1. The third-order valence-electron chi connectivity index (χ3n) is 5.33. The molecule has 0 spiro atoms. The van der Waals surface area contributed by atoms with Gasteiger partial charge in [0.15, 0.2) is 0 Å². The summed E-state index contributed by atoms with van der Waals surface area (Å²) in [4.78, 5) is 40.1. The number of carbonyl (C=O) groups excluding carboxylic acids is 2. The smallest absolute Gasteiger partial charge is 0.311 e. The Morgan fingerprint density at radius 1 is 1.25 bits per heavy atom. The summed E-state index contributed by atoms with van der Waals surface area (Å²) in [5.41, 5.74) is -0.805. The fourth-order valence-electron chi connectivity index (χ4n) is 3.77. The van der Waals surface area contributed by atoms with Crippen LogP contribution in [-0.2, 0) is 14.4 Å². The molecule has 2 aliphatic rings. The van der Waals surface area contributed by atoms with E-state index in [-0.39, 0.29) is 18.2 Å². The Hall–Kier alpha value is -2.44. The largest absolute Gasteiger partial charge is 0.481 e. The van der Waals surface area contributed by atoms with E-state index in [1.165, 1.54) is 41.0 Å². The number of nitrogens with zero attached hydrogens (tertiary/aromatic N) is 2. The second-order valence-corrected chi connectivity index (χ2v) is 6.77. The molecule has 6 nitrogen and oxygen atoms in total. The number of amides is 2. The second kappa shape index (κ2) is 5.29. The van der Waals surface area contributed by atoms with E-state index in [9.17, 15) is 23.9 Å². The number of hydrogen-bond acceptors (Lipinski definition) is 3. The molecule has 4 atom stereocenters. The van der Waals surface area contributed by atoms with Gasteiger partial charge in [0, 0.05) is 7.05 Å². The Balaban J connectivity index is 2.15. The minimum atomic E-state index is -1.32. The number of rotatable bonds is 2. The number of hydrogen-bond donors (Lipinski definition) is 1. The fraction of sp³-hybridized carbons (Fsp3) is 0.471. The Labute approximate surface area is 138 Å². The van der Waals surface area contributed by atoms with Crippen molar-refractivity contribution in [2.45, 2.75) is 38.4 Å². The summed E-state index contributed by atoms with van der Waals surface area (Å²) in [6, 6.07) is 3.14. The van der Waals surface area contributed by atoms with Crippen LogP contribution in [0.3, 0.4) is 0 Å². The van der Waals surface area contributed by atoms with Crippen LogP contribution < -0.4 is 0 Å². The van der Waals surface area contributed by atoms with Gasteiger partial charge >= 0.3 is 5.97 Å². The lowest BCUT2D eigenvalue weighted by Gasteiger charge is -2.42. The van der Waals surface area contributed by atoms with E-state index in [0.717, 1.165) is 0 Å². The van der Waals surface area contributed by atoms with Crippen molar-refractivity contribution in [3.05, 3.63) is 35.6 Å². The molecule has 1 aromatic rings. The normalized spacial score (nSPS) is 32.9. The first-order valence-corrected chi connectivity index (χ1v) is 7.76. The van der Waals surface area contributed by atoms with Crippen LogP contribution in [0, 0.1) is 11.2 Å². The van der Waals surface area contributed by atoms with Gasteiger partial charge in [-0.3, -0.25) is 14.4 Å². The molecular weight excluding hydrogens is 315 g/mol. The Morgan fingerprint density at radius 2 is 1.83 bits per heavy atom. The van der Waals surface area contributed by atoms with Crippen molar-refractivity contribution >= 4 is 17.8 Å². The Bertz CT molecular complexity index is 720. The van der Waals surface area contributed by atoms with E-state index < -0.39 is 35.3 Å². The van der Waals surface area contributed by atoms with Crippen molar-refractivity contribution in [2.24, 2.45) is 5.41 Å². The highest BCUT2D eigenvalue weighted by molar-refractivity contribution is 5.99. The van der Waals surface area contributed by atoms with Gasteiger partial charge in [0.1, 0.15) is 17.9 Å². The Kier molecular flexibility index (Phi) is 3.62. The zero-order chi connectivity index (χ0) is 17.8. The van der Waals surface area contributed by atoms with Crippen LogP contribution in [0.5, 0.6) is 0 Å². The van der Waals surface area contributed by atoms with Crippen LogP contribution in [-0.4, -0.2) is 51.8 Å². The predicted molar refractivity (Wildman–Crippen MR) is 82.4 cm³/mol. The first-order chi connectivity index (χ1) is 11.2. The minimum Gasteiger partial charge on any atom is -0.481 e. The summed E-state index contributed by atoms with van der Waals surface area (Å²) in [5.74, 6) is -2.08. The third-order valence-corrected chi connectivity index (χ3v) is 5.33. The van der Waals surface area contributed by atoms with Crippen molar-refractivity contribution in [1.29, 1.82) is 0 Å². The van der Waals surface area contributed by atoms with E-state index in [1.807, 2.05) is 0 Å². The van der Waals surface area contributed by atoms with Crippen molar-refractivity contribution in [3.63, 3.8) is 0 Å². The first-order valence-electron chi connectivity index (χ1n) is 7.76. The van der Waals surface area contributed by atoms with Gasteiger partial charge in [-0.05, 0) is 38.0 Å². The van der Waals surface area contributed by atoms with Crippen molar-refractivity contribution in [3.8, 4) is 0 Å². The van der Waals surface area contributed by atoms with Crippen LogP contribution in [0.1, 0.15) is 31.9 Å². The van der Waals surface area contributed by atoms with Crippen LogP contribution >= 0.6 is 0 Å². The average molecular weight is 334 g/mol. The first kappa shape index (κ1) is 16.4. The van der Waals surface area contributed by atoms with E-state index in [0.29, 0.717) is 5.56 Å². The molecule has 2 fully saturated rings. The highest BCUT2D eigenvalue weighted by atomic mass is 19.1. The monoisotopic (exact) mass is 334 g/mol. The molecule has 0 unspecified atom stereocenters. The number of aliphatic carboxylic acids is 1. The SMILES string of the molecule is C[C@@H]1C(=O)N2[C@@H](c3ccc(F)cc3)[C@@](C)(C(=O)O)C[C@H]2C(=O)N1C. The summed E-state index contributed by atoms with van der Waals surface area (Å²) in [6.07, 6.45) is 0.0337. The molecule has 128 valence electrons. The molecule has 2 aliphatic heterocycles. The quantitative estimate of drug-likeness (QED) is 0.887. The van der Waals surface area contributed by atoms with Gasteiger partial charge < -0.3 is 14.9 Å². The van der Waals surface area contributed by atoms with Crippen molar-refractivity contribution in [2.75, 3.05) is 7.05 Å². The van der Waals surface area contributed by atoms with Gasteiger partial charge in [-0.15, -0.1) is 0 Å². The van der Waals surface area contributed by atoms with Crippen molar-refractivity contribution < 1.29 is 23.9 Å². The second-order valence-electron chi connectivity index (χ2n) is 6.77. The van der Waals surface area contributed by atoms with E-state index in [4.69, 9.17) is 0 Å². The lowest BCUT2D eigenvalue weighted by atomic mass is 9.78. The highest BCUT2D eigenvalue weighted by Gasteiger charge is 2.61. The Morgan fingerprint density at radius 3 is 2.38 bits per heavy atom. The lowest BCUT2D eigenvalue weighted by molar-refractivity contribution is -0.160. The molecule has 0 radical (unpaired) electrons. The molecule has 3 rings (SSSR count). The molecule has 0 saturated carbocycles. The number of benzene rings is 1. The molecular formula is C17H19FN2O4. The van der Waals surface area contributed by atoms with E-state index >= 15 is 0 Å². The summed E-state index contributed by atoms with van der Waals surface area (Å²) in [5, 5.41) is 9.77. The number of fused-ring (bicyclic) bond motifs is 1. The number of carboxylic acids is 1. The molecule has 2 saturated heterocycles. The van der Waals surface area contributed by atoms with Crippen LogP contribution in [0.25, 0.3) is 0 Å². The minimum absolute atomic E-state index is 0.0337. The standard InChI is InChI=1S/C17H19FN2O4/c1-9-14(21)20-12(15(22)19(9)3)8-17(2,16(23)24)13(20)10-4-6-11(18)7-5-10/h4-7,9,12-13H,8H2,1-3H3,(H,23,24)/t9-,12+,13+,17+/m1/s1. The van der Waals surface area contributed by atoms with Gasteiger partial charge in [-0.25, -0.2) is 4.39 Å². The van der Waals surface area contributed by atoms with Crippen LogP contribution in [0.4, 0.5) is 4.39 Å². The highest BCUT2D eigenvalue weighted by Crippen LogP contribution is 2.52. The number of carbonyl (C=O) groups is 3. The van der Waals surface area contributed by atoms with Gasteiger partial charge in [0.05, 0.1) is 11.5 Å². The zero-order valence-electron chi connectivity index (χ0n) is 13.7. The predicted octanol–water partition coefficient (Wildman–Crippen LogP) is 1.42. The number of halogens is 1. The molecule has 0 aliphatic carbocycles. The summed E-state index contributed by atoms with van der Waals surface area (Å²) < 4.78 is 13.3. The molecule has 1 aromatic carbocycles. The molecule has 0 bridgehead atoms. The van der Waals surface area contributed by atoms with Crippen molar-refractivity contribution in [1.82, 2.24) is 9.80 Å². The third kappa shape index (κ3) is 2.11. The van der Waals surface area contributed by atoms with Gasteiger partial charge in [0.2, 0.25) is 11.8 Å². The summed E-state index contributed by atoms with van der Waals surface area (Å²) >= 11 is 0. The van der Waals surface area contributed by atoms with E-state index in [1.54, 1.807) is 14.0 Å². The molecule has 7 heteroatoms. The van der Waals surface area contributed by atoms with Crippen LogP contribution in [0.15, 0.2) is 24.3 Å². The topological polar surface area (TPSA) is 77.9 Å². The van der Waals surface area contributed by atoms with E-state index in [2.05, 4.69) is 0 Å². The van der Waals surface area contributed by atoms with Gasteiger partial charge in [-0.2, -0.15) is 0 Å². The van der Waals surface area contributed by atoms with Gasteiger partial charge in [0.25, 0.3) is 0 Å². The maximum absolute atomic E-state index is 13.3. The fourth-order valence-corrected chi connectivity index (χ4v) is 3.77. The molecule has 1 N–H and O–H groups in total. The maximum Gasteiger partial charge on any atom is 0.311 e. The molecule has 2 heterocycles. The van der Waals surface area contributed by atoms with Gasteiger partial charge in [-0.1, -0.05) is 12.1 Å². The zero-order valence-corrected chi connectivity index (χ0v) is 13.7. The van der Waals surface area contributed by atoms with Crippen LogP contribution in [0.2, 0.25) is 0 Å². The molecule has 2 amide bonds. The molecule has 0 aromatic heterocycles. The maximum atomic E-state index is 13.3.